The number of carbonyl (C=O) groups excluding carboxylic acids is 1. The number of anilines is 1. The molecule has 3 aromatic rings. The molecule has 0 aliphatic carbocycles. The number of amides is 2. The van der Waals surface area contributed by atoms with Crippen molar-refractivity contribution in [2.45, 2.75) is 32.0 Å². The van der Waals surface area contributed by atoms with E-state index in [9.17, 15) is 4.79 Å². The molecule has 0 spiro atoms. The second-order valence-electron chi connectivity index (χ2n) is 7.03. The van der Waals surface area contributed by atoms with Gasteiger partial charge in [0.05, 0.1) is 11.2 Å². The summed E-state index contributed by atoms with van der Waals surface area (Å²) in [6.07, 6.45) is 7.59. The van der Waals surface area contributed by atoms with Crippen LogP contribution in [0, 0.1) is 0 Å². The molecule has 2 amide bonds. The number of fused-ring (bicyclic) bond motifs is 3. The van der Waals surface area contributed by atoms with Gasteiger partial charge in [0, 0.05) is 66.6 Å². The van der Waals surface area contributed by atoms with Crippen molar-refractivity contribution in [1.82, 2.24) is 24.2 Å². The number of aromatic nitrogens is 3. The van der Waals surface area contributed by atoms with Gasteiger partial charge >= 0.3 is 6.03 Å². The third-order valence-corrected chi connectivity index (χ3v) is 6.50. The van der Waals surface area contributed by atoms with Gasteiger partial charge in [0.25, 0.3) is 0 Å². The molecule has 1 saturated heterocycles. The normalized spacial score (nSPS) is 18.7. The van der Waals surface area contributed by atoms with Crippen molar-refractivity contribution in [2.75, 3.05) is 18.0 Å². The molecule has 5 rings (SSSR count). The standard InChI is InChI=1S/C18H20N6OS2/c25-18-21-8-12-7-20-17-15(3-6-23(17)26)16(12)24(18)13-1-4-22(5-2-13)10-14-9-19-11-27-14/h3,6-7,9,11,13,26H,1-2,4-5,8,10H2,(H,21,25). The number of thiol groups is 1. The van der Waals surface area contributed by atoms with Crippen LogP contribution in [0.25, 0.3) is 11.0 Å². The Morgan fingerprint density at radius 1 is 1.30 bits per heavy atom. The van der Waals surface area contributed by atoms with E-state index in [1.165, 1.54) is 4.88 Å². The second-order valence-corrected chi connectivity index (χ2v) is 8.44. The summed E-state index contributed by atoms with van der Waals surface area (Å²) in [6.45, 7) is 3.42. The Balaban J connectivity index is 1.41. The van der Waals surface area contributed by atoms with Gasteiger partial charge in [0.1, 0.15) is 0 Å². The van der Waals surface area contributed by atoms with E-state index in [2.05, 4.69) is 33.0 Å². The molecule has 5 heterocycles. The minimum Gasteiger partial charge on any atom is -0.333 e. The summed E-state index contributed by atoms with van der Waals surface area (Å²) in [4.78, 5) is 27.2. The van der Waals surface area contributed by atoms with Crippen LogP contribution >= 0.6 is 24.2 Å². The highest BCUT2D eigenvalue weighted by atomic mass is 32.1. The largest absolute Gasteiger partial charge is 0.333 e. The van der Waals surface area contributed by atoms with Gasteiger partial charge in [-0.25, -0.2) is 9.78 Å². The molecule has 0 saturated carbocycles. The molecule has 2 aliphatic rings. The Hall–Kier alpha value is -2.10. The van der Waals surface area contributed by atoms with Crippen LogP contribution in [0.4, 0.5) is 10.5 Å². The van der Waals surface area contributed by atoms with Crippen molar-refractivity contribution >= 4 is 46.9 Å². The van der Waals surface area contributed by atoms with Gasteiger partial charge in [0.2, 0.25) is 0 Å². The van der Waals surface area contributed by atoms with Crippen molar-refractivity contribution in [2.24, 2.45) is 0 Å². The maximum atomic E-state index is 12.8. The molecule has 9 heteroatoms. The first-order chi connectivity index (χ1) is 13.2. The minimum atomic E-state index is -0.0113. The fourth-order valence-electron chi connectivity index (χ4n) is 4.10. The van der Waals surface area contributed by atoms with Crippen molar-refractivity contribution in [3.63, 3.8) is 0 Å². The van der Waals surface area contributed by atoms with Crippen molar-refractivity contribution in [3.05, 3.63) is 40.6 Å². The predicted molar refractivity (Wildman–Crippen MR) is 109 cm³/mol. The number of rotatable bonds is 3. The van der Waals surface area contributed by atoms with Crippen LogP contribution in [0.3, 0.4) is 0 Å². The Labute approximate surface area is 166 Å². The molecule has 140 valence electrons. The molecule has 0 aromatic carbocycles. The number of urea groups is 1. The average molecular weight is 401 g/mol. The molecule has 7 nitrogen and oxygen atoms in total. The zero-order chi connectivity index (χ0) is 18.4. The lowest BCUT2D eigenvalue weighted by Gasteiger charge is -2.41. The van der Waals surface area contributed by atoms with E-state index in [0.717, 1.165) is 54.8 Å². The zero-order valence-electron chi connectivity index (χ0n) is 14.7. The summed E-state index contributed by atoms with van der Waals surface area (Å²) >= 11 is 6.12. The fraction of sp³-hybridized carbons (Fsp3) is 0.389. The van der Waals surface area contributed by atoms with E-state index in [1.54, 1.807) is 15.3 Å². The van der Waals surface area contributed by atoms with Gasteiger partial charge in [-0.1, -0.05) is 12.8 Å². The molecule has 3 aromatic heterocycles. The monoisotopic (exact) mass is 400 g/mol. The molecule has 0 bridgehead atoms. The molecular formula is C18H20N6OS2. The quantitative estimate of drug-likeness (QED) is 0.664. The lowest BCUT2D eigenvalue weighted by Crippen LogP contribution is -2.53. The predicted octanol–water partition coefficient (Wildman–Crippen LogP) is 2.88. The van der Waals surface area contributed by atoms with Crippen LogP contribution in [-0.2, 0) is 13.1 Å². The maximum absolute atomic E-state index is 12.8. The van der Waals surface area contributed by atoms with Gasteiger partial charge in [-0.05, 0) is 18.9 Å². The summed E-state index contributed by atoms with van der Waals surface area (Å²) in [5.74, 6) is 0. The fourth-order valence-corrected chi connectivity index (χ4v) is 4.96. The summed E-state index contributed by atoms with van der Waals surface area (Å²) in [5, 5.41) is 4.00. The van der Waals surface area contributed by atoms with Crippen LogP contribution in [0.15, 0.2) is 30.2 Å². The first-order valence-electron chi connectivity index (χ1n) is 9.05. The summed E-state index contributed by atoms with van der Waals surface area (Å²) in [6, 6.07) is 2.18. The lowest BCUT2D eigenvalue weighted by atomic mass is 9.99. The summed E-state index contributed by atoms with van der Waals surface area (Å²) in [5.41, 5.74) is 4.73. The second kappa shape index (κ2) is 6.81. The first kappa shape index (κ1) is 17.0. The maximum Gasteiger partial charge on any atom is 0.322 e. The van der Waals surface area contributed by atoms with Gasteiger partial charge in [0.15, 0.2) is 5.65 Å². The van der Waals surface area contributed by atoms with Crippen LogP contribution < -0.4 is 10.2 Å². The third-order valence-electron chi connectivity index (χ3n) is 5.42. The highest BCUT2D eigenvalue weighted by Gasteiger charge is 2.34. The Morgan fingerprint density at radius 3 is 2.93 bits per heavy atom. The summed E-state index contributed by atoms with van der Waals surface area (Å²) in [7, 11) is 0. The minimum absolute atomic E-state index is 0.0113. The van der Waals surface area contributed by atoms with Gasteiger partial charge in [-0.3, -0.25) is 18.8 Å². The van der Waals surface area contributed by atoms with Crippen molar-refractivity contribution in [1.29, 1.82) is 0 Å². The van der Waals surface area contributed by atoms with Gasteiger partial charge in [-0.2, -0.15) is 0 Å². The molecular weight excluding hydrogens is 380 g/mol. The zero-order valence-corrected chi connectivity index (χ0v) is 16.4. The van der Waals surface area contributed by atoms with Gasteiger partial charge in [-0.15, -0.1) is 11.3 Å². The van der Waals surface area contributed by atoms with Gasteiger partial charge < -0.3 is 5.32 Å². The van der Waals surface area contributed by atoms with E-state index < -0.39 is 0 Å². The number of hydrogen-bond donors (Lipinski definition) is 2. The number of nitrogens with zero attached hydrogens (tertiary/aromatic N) is 5. The molecule has 1 N–H and O–H groups in total. The third kappa shape index (κ3) is 2.99. The average Bonchev–Trinajstić information content (AvgIpc) is 3.32. The molecule has 1 fully saturated rings. The number of likely N-dealkylation sites (tertiary alicyclic amines) is 1. The van der Waals surface area contributed by atoms with E-state index in [0.29, 0.717) is 6.54 Å². The Bertz CT molecular complexity index is 977. The highest BCUT2D eigenvalue weighted by Crippen LogP contribution is 2.36. The van der Waals surface area contributed by atoms with E-state index in [1.807, 2.05) is 35.1 Å². The van der Waals surface area contributed by atoms with Crippen LogP contribution in [0.1, 0.15) is 23.3 Å². The number of carbonyl (C=O) groups is 1. The smallest absolute Gasteiger partial charge is 0.322 e. The van der Waals surface area contributed by atoms with E-state index in [-0.39, 0.29) is 12.1 Å². The van der Waals surface area contributed by atoms with Crippen LogP contribution in [-0.4, -0.2) is 44.0 Å². The van der Waals surface area contributed by atoms with Crippen molar-refractivity contribution < 1.29 is 4.79 Å². The molecule has 0 atom stereocenters. The number of nitrogens with one attached hydrogen (secondary N) is 1. The highest BCUT2D eigenvalue weighted by molar-refractivity contribution is 7.78. The van der Waals surface area contributed by atoms with E-state index >= 15 is 0 Å². The van der Waals surface area contributed by atoms with Crippen molar-refractivity contribution in [3.8, 4) is 0 Å². The molecule has 0 radical (unpaired) electrons. The Kier molecular flexibility index (Phi) is 4.30. The Morgan fingerprint density at radius 2 is 2.15 bits per heavy atom. The molecule has 0 unspecified atom stereocenters. The number of piperidine rings is 1. The summed E-state index contributed by atoms with van der Waals surface area (Å²) < 4.78 is 1.71. The molecule has 27 heavy (non-hydrogen) atoms. The SMILES string of the molecule is O=C1NCc2cnc3c(ccn3S)c2N1C1CCN(Cc2cncs2)CC1. The topological polar surface area (TPSA) is 66.3 Å². The number of hydrogen-bond acceptors (Lipinski definition) is 6. The van der Waals surface area contributed by atoms with E-state index in [4.69, 9.17) is 0 Å². The number of pyridine rings is 1. The molecule has 2 aliphatic heterocycles. The number of thiazole rings is 1. The first-order valence-corrected chi connectivity index (χ1v) is 10.3. The van der Waals surface area contributed by atoms with Crippen LogP contribution in [0.5, 0.6) is 0 Å². The lowest BCUT2D eigenvalue weighted by molar-refractivity contribution is 0.197. The van der Waals surface area contributed by atoms with Crippen LogP contribution in [0.2, 0.25) is 0 Å².